The van der Waals surface area contributed by atoms with E-state index in [1.165, 1.54) is 12.3 Å². The zero-order chi connectivity index (χ0) is 14.4. The SMILES string of the molecule is O=C(O)CCC(NC(=O)c1ccno1)c1ccccc1. The molecule has 0 aliphatic heterocycles. The van der Waals surface area contributed by atoms with Crippen molar-refractivity contribution in [1.82, 2.24) is 10.5 Å². The molecule has 0 spiro atoms. The second-order valence-corrected chi connectivity index (χ2v) is 4.25. The number of carboxylic acid groups (broad SMARTS) is 1. The Labute approximate surface area is 115 Å². The molecule has 1 aromatic heterocycles. The number of carbonyl (C=O) groups excluding carboxylic acids is 1. The van der Waals surface area contributed by atoms with Crippen LogP contribution < -0.4 is 5.32 Å². The summed E-state index contributed by atoms with van der Waals surface area (Å²) in [5.41, 5.74) is 0.849. The van der Waals surface area contributed by atoms with Crippen LogP contribution in [0.3, 0.4) is 0 Å². The van der Waals surface area contributed by atoms with Crippen LogP contribution in [-0.4, -0.2) is 22.1 Å². The average Bonchev–Trinajstić information content (AvgIpc) is 2.98. The number of hydrogen-bond acceptors (Lipinski definition) is 4. The van der Waals surface area contributed by atoms with Crippen LogP contribution in [0.5, 0.6) is 0 Å². The quantitative estimate of drug-likeness (QED) is 0.840. The van der Waals surface area contributed by atoms with Gasteiger partial charge in [0, 0.05) is 12.5 Å². The fraction of sp³-hybridized carbons (Fsp3) is 0.214. The molecule has 104 valence electrons. The van der Waals surface area contributed by atoms with Gasteiger partial charge in [0.15, 0.2) is 0 Å². The summed E-state index contributed by atoms with van der Waals surface area (Å²) in [5, 5.41) is 15.0. The zero-order valence-electron chi connectivity index (χ0n) is 10.7. The number of amides is 1. The Morgan fingerprint density at radius 3 is 2.60 bits per heavy atom. The molecule has 1 aromatic carbocycles. The highest BCUT2D eigenvalue weighted by Crippen LogP contribution is 2.19. The second kappa shape index (κ2) is 6.51. The normalized spacial score (nSPS) is 11.8. The highest BCUT2D eigenvalue weighted by Gasteiger charge is 2.18. The smallest absolute Gasteiger partial charge is 0.303 e. The molecule has 20 heavy (non-hydrogen) atoms. The number of carboxylic acids is 1. The minimum absolute atomic E-state index is 0.0315. The summed E-state index contributed by atoms with van der Waals surface area (Å²) in [4.78, 5) is 22.7. The van der Waals surface area contributed by atoms with Crippen molar-refractivity contribution in [3.05, 3.63) is 53.9 Å². The third-order valence-corrected chi connectivity index (χ3v) is 2.82. The third kappa shape index (κ3) is 3.68. The van der Waals surface area contributed by atoms with Crippen molar-refractivity contribution in [3.8, 4) is 0 Å². The monoisotopic (exact) mass is 274 g/mol. The Morgan fingerprint density at radius 2 is 2.00 bits per heavy atom. The van der Waals surface area contributed by atoms with E-state index in [0.29, 0.717) is 6.42 Å². The molecule has 1 heterocycles. The minimum Gasteiger partial charge on any atom is -0.481 e. The molecule has 1 atom stereocenters. The number of carbonyl (C=O) groups is 2. The predicted molar refractivity (Wildman–Crippen MR) is 70.0 cm³/mol. The van der Waals surface area contributed by atoms with Crippen molar-refractivity contribution in [2.45, 2.75) is 18.9 Å². The largest absolute Gasteiger partial charge is 0.481 e. The maximum Gasteiger partial charge on any atom is 0.303 e. The summed E-state index contributed by atoms with van der Waals surface area (Å²) in [6.07, 6.45) is 1.65. The number of nitrogens with one attached hydrogen (secondary N) is 1. The molecular weight excluding hydrogens is 260 g/mol. The van der Waals surface area contributed by atoms with Crippen LogP contribution in [0.15, 0.2) is 47.1 Å². The first-order valence-electron chi connectivity index (χ1n) is 6.15. The van der Waals surface area contributed by atoms with Gasteiger partial charge in [-0.25, -0.2) is 0 Å². The van der Waals surface area contributed by atoms with Crippen molar-refractivity contribution in [3.63, 3.8) is 0 Å². The van der Waals surface area contributed by atoms with Crippen molar-refractivity contribution in [1.29, 1.82) is 0 Å². The molecule has 2 rings (SSSR count). The molecule has 6 nitrogen and oxygen atoms in total. The lowest BCUT2D eigenvalue weighted by molar-refractivity contribution is -0.137. The Bertz CT molecular complexity index is 566. The van der Waals surface area contributed by atoms with Crippen LogP contribution in [0.2, 0.25) is 0 Å². The van der Waals surface area contributed by atoms with E-state index in [0.717, 1.165) is 5.56 Å². The van der Waals surface area contributed by atoms with Gasteiger partial charge in [0.05, 0.1) is 12.2 Å². The van der Waals surface area contributed by atoms with E-state index in [9.17, 15) is 9.59 Å². The number of nitrogens with zero attached hydrogens (tertiary/aromatic N) is 1. The summed E-state index contributed by atoms with van der Waals surface area (Å²) in [5.74, 6) is -1.22. The molecule has 0 saturated carbocycles. The lowest BCUT2D eigenvalue weighted by atomic mass is 10.0. The standard InChI is InChI=1S/C14H14N2O4/c17-13(18)7-6-11(10-4-2-1-3-5-10)16-14(19)12-8-9-15-20-12/h1-5,8-9,11H,6-7H2,(H,16,19)(H,17,18). The maximum absolute atomic E-state index is 11.9. The van der Waals surface area contributed by atoms with Gasteiger partial charge in [-0.3, -0.25) is 9.59 Å². The zero-order valence-corrected chi connectivity index (χ0v) is 10.7. The first kappa shape index (κ1) is 13.8. The van der Waals surface area contributed by atoms with Crippen LogP contribution in [0.25, 0.3) is 0 Å². The summed E-state index contributed by atoms with van der Waals surface area (Å²) in [7, 11) is 0. The molecule has 1 amide bonds. The van der Waals surface area contributed by atoms with Gasteiger partial charge < -0.3 is 14.9 Å². The molecule has 6 heteroatoms. The van der Waals surface area contributed by atoms with E-state index in [1.807, 2.05) is 30.3 Å². The lowest BCUT2D eigenvalue weighted by Crippen LogP contribution is -2.28. The van der Waals surface area contributed by atoms with Crippen LogP contribution in [-0.2, 0) is 4.79 Å². The van der Waals surface area contributed by atoms with Gasteiger partial charge >= 0.3 is 5.97 Å². The third-order valence-electron chi connectivity index (χ3n) is 2.82. The van der Waals surface area contributed by atoms with Gasteiger partial charge in [0.25, 0.3) is 5.91 Å². The topological polar surface area (TPSA) is 92.4 Å². The maximum atomic E-state index is 11.9. The fourth-order valence-corrected chi connectivity index (χ4v) is 1.84. The molecule has 1 unspecified atom stereocenters. The minimum atomic E-state index is -0.903. The van der Waals surface area contributed by atoms with Gasteiger partial charge in [-0.15, -0.1) is 0 Å². The number of rotatable bonds is 6. The molecule has 0 aliphatic rings. The number of aromatic nitrogens is 1. The first-order chi connectivity index (χ1) is 9.66. The molecule has 0 bridgehead atoms. The predicted octanol–water partition coefficient (Wildman–Crippen LogP) is 2.01. The Hall–Kier alpha value is -2.63. The fourth-order valence-electron chi connectivity index (χ4n) is 1.84. The lowest BCUT2D eigenvalue weighted by Gasteiger charge is -2.17. The Balaban J connectivity index is 2.10. The molecule has 0 aliphatic carbocycles. The van der Waals surface area contributed by atoms with E-state index in [4.69, 9.17) is 9.63 Å². The van der Waals surface area contributed by atoms with Crippen molar-refractivity contribution in [2.75, 3.05) is 0 Å². The van der Waals surface area contributed by atoms with Crippen molar-refractivity contribution < 1.29 is 19.2 Å². The van der Waals surface area contributed by atoms with E-state index in [-0.39, 0.29) is 18.2 Å². The van der Waals surface area contributed by atoms with Crippen LogP contribution in [0, 0.1) is 0 Å². The van der Waals surface area contributed by atoms with E-state index in [1.54, 1.807) is 0 Å². The van der Waals surface area contributed by atoms with Gasteiger partial charge in [-0.2, -0.15) is 0 Å². The average molecular weight is 274 g/mol. The summed E-state index contributed by atoms with van der Waals surface area (Å²) >= 11 is 0. The highest BCUT2D eigenvalue weighted by atomic mass is 16.5. The first-order valence-corrected chi connectivity index (χ1v) is 6.15. The second-order valence-electron chi connectivity index (χ2n) is 4.25. The van der Waals surface area contributed by atoms with Gasteiger partial charge in [0.1, 0.15) is 0 Å². The molecule has 2 aromatic rings. The summed E-state index contributed by atoms with van der Waals surface area (Å²) < 4.78 is 4.78. The van der Waals surface area contributed by atoms with Crippen LogP contribution >= 0.6 is 0 Å². The molecule has 0 fully saturated rings. The molecule has 2 N–H and O–H groups in total. The van der Waals surface area contributed by atoms with E-state index in [2.05, 4.69) is 10.5 Å². The van der Waals surface area contributed by atoms with Gasteiger partial charge in [-0.05, 0) is 12.0 Å². The summed E-state index contributed by atoms with van der Waals surface area (Å²) in [6, 6.07) is 10.3. The van der Waals surface area contributed by atoms with E-state index < -0.39 is 11.9 Å². The number of hydrogen-bond donors (Lipinski definition) is 2. The molecule has 0 radical (unpaired) electrons. The van der Waals surface area contributed by atoms with Gasteiger partial charge in [-0.1, -0.05) is 35.5 Å². The van der Waals surface area contributed by atoms with Crippen LogP contribution in [0.1, 0.15) is 35.0 Å². The summed E-state index contributed by atoms with van der Waals surface area (Å²) in [6.45, 7) is 0. The van der Waals surface area contributed by atoms with Crippen molar-refractivity contribution in [2.24, 2.45) is 0 Å². The van der Waals surface area contributed by atoms with Gasteiger partial charge in [0.2, 0.25) is 5.76 Å². The molecular formula is C14H14N2O4. The van der Waals surface area contributed by atoms with Crippen molar-refractivity contribution >= 4 is 11.9 Å². The van der Waals surface area contributed by atoms with E-state index >= 15 is 0 Å². The number of benzene rings is 1. The Morgan fingerprint density at radius 1 is 1.25 bits per heavy atom. The number of aliphatic carboxylic acids is 1. The molecule has 0 saturated heterocycles. The Kier molecular flexibility index (Phi) is 4.49. The highest BCUT2D eigenvalue weighted by molar-refractivity contribution is 5.91. The van der Waals surface area contributed by atoms with Crippen LogP contribution in [0.4, 0.5) is 0 Å².